The summed E-state index contributed by atoms with van der Waals surface area (Å²) in [4.78, 5) is 0. The van der Waals surface area contributed by atoms with Gasteiger partial charge in [-0.2, -0.15) is 0 Å². The Morgan fingerprint density at radius 1 is 1.36 bits per heavy atom. The van der Waals surface area contributed by atoms with E-state index in [0.717, 1.165) is 26.0 Å². The second kappa shape index (κ2) is 5.64. The molecule has 14 heavy (non-hydrogen) atoms. The van der Waals surface area contributed by atoms with Gasteiger partial charge in [-0.1, -0.05) is 13.8 Å². The van der Waals surface area contributed by atoms with Crippen LogP contribution in [0.2, 0.25) is 0 Å². The van der Waals surface area contributed by atoms with Gasteiger partial charge in [0.1, 0.15) is 0 Å². The summed E-state index contributed by atoms with van der Waals surface area (Å²) in [6.07, 6.45) is 1.55. The molecule has 1 rings (SSSR count). The third-order valence-corrected chi connectivity index (χ3v) is 4.45. The van der Waals surface area contributed by atoms with E-state index in [-0.39, 0.29) is 6.10 Å². The molecule has 1 heterocycles. The summed E-state index contributed by atoms with van der Waals surface area (Å²) in [5.74, 6) is 0.644. The lowest BCUT2D eigenvalue weighted by molar-refractivity contribution is 0.159. The van der Waals surface area contributed by atoms with Gasteiger partial charge in [-0.25, -0.2) is 0 Å². The Morgan fingerprint density at radius 2 is 2.00 bits per heavy atom. The highest BCUT2D eigenvalue weighted by Crippen LogP contribution is 2.37. The molecule has 0 saturated heterocycles. The van der Waals surface area contributed by atoms with Crippen LogP contribution in [0.15, 0.2) is 13.6 Å². The molecule has 4 heteroatoms. The predicted octanol–water partition coefficient (Wildman–Crippen LogP) is 4.74. The minimum atomic E-state index is -0.339. The van der Waals surface area contributed by atoms with Crippen molar-refractivity contribution in [2.45, 2.75) is 32.8 Å². The van der Waals surface area contributed by atoms with Gasteiger partial charge in [-0.15, -0.1) is 11.3 Å². The van der Waals surface area contributed by atoms with Gasteiger partial charge in [-0.3, -0.25) is 0 Å². The number of thiophene rings is 1. The monoisotopic (exact) mass is 340 g/mol. The Hall–Kier alpha value is 0.620. The van der Waals surface area contributed by atoms with Gasteiger partial charge in [0.15, 0.2) is 0 Å². The second-order valence-corrected chi connectivity index (χ2v) is 7.52. The van der Waals surface area contributed by atoms with E-state index in [9.17, 15) is 5.11 Å². The average molecular weight is 342 g/mol. The highest BCUT2D eigenvalue weighted by Gasteiger charge is 2.14. The van der Waals surface area contributed by atoms with E-state index in [1.54, 1.807) is 11.3 Å². The van der Waals surface area contributed by atoms with Crippen molar-refractivity contribution in [2.75, 3.05) is 0 Å². The summed E-state index contributed by atoms with van der Waals surface area (Å²) in [5, 5.41) is 9.92. The maximum absolute atomic E-state index is 9.92. The highest BCUT2D eigenvalue weighted by molar-refractivity contribution is 9.12. The summed E-state index contributed by atoms with van der Waals surface area (Å²) in [7, 11) is 0. The first-order chi connectivity index (χ1) is 6.50. The summed E-state index contributed by atoms with van der Waals surface area (Å²) in [6.45, 7) is 4.34. The third kappa shape index (κ3) is 3.65. The number of aliphatic hydroxyl groups is 1. The van der Waals surface area contributed by atoms with Crippen LogP contribution >= 0.6 is 43.2 Å². The highest BCUT2D eigenvalue weighted by atomic mass is 79.9. The van der Waals surface area contributed by atoms with Gasteiger partial charge in [-0.05, 0) is 56.7 Å². The number of hydrogen-bond acceptors (Lipinski definition) is 2. The van der Waals surface area contributed by atoms with Gasteiger partial charge < -0.3 is 5.11 Å². The first kappa shape index (κ1) is 12.7. The number of halogens is 2. The number of rotatable bonds is 4. The standard InChI is InChI=1S/C10H14Br2OS/c1-6(2)3-4-8(13)7-5-9(11)14-10(7)12/h5-6,8,13H,3-4H2,1-2H3. The maximum Gasteiger partial charge on any atom is 0.0809 e. The normalized spacial score (nSPS) is 13.6. The molecule has 0 bridgehead atoms. The SMILES string of the molecule is CC(C)CCC(O)c1cc(Br)sc1Br. The lowest BCUT2D eigenvalue weighted by Gasteiger charge is -2.11. The van der Waals surface area contributed by atoms with Gasteiger partial charge in [0, 0.05) is 5.56 Å². The lowest BCUT2D eigenvalue weighted by Crippen LogP contribution is -1.98. The molecule has 1 nitrogen and oxygen atoms in total. The lowest BCUT2D eigenvalue weighted by atomic mass is 10.0. The fourth-order valence-electron chi connectivity index (χ4n) is 1.23. The molecule has 0 aliphatic rings. The van der Waals surface area contributed by atoms with E-state index in [4.69, 9.17) is 0 Å². The maximum atomic E-state index is 9.92. The molecule has 80 valence electrons. The zero-order valence-electron chi connectivity index (χ0n) is 8.26. The Kier molecular flexibility index (Phi) is 5.11. The van der Waals surface area contributed by atoms with Crippen molar-refractivity contribution in [3.05, 3.63) is 19.2 Å². The van der Waals surface area contributed by atoms with Crippen LogP contribution in [0.1, 0.15) is 38.4 Å². The molecule has 1 atom stereocenters. The molecule has 1 aromatic rings. The number of hydrogen-bond donors (Lipinski definition) is 1. The first-order valence-corrected chi connectivity index (χ1v) is 7.03. The van der Waals surface area contributed by atoms with E-state index < -0.39 is 0 Å². The van der Waals surface area contributed by atoms with Crippen LogP contribution in [-0.2, 0) is 0 Å². The zero-order valence-corrected chi connectivity index (χ0v) is 12.2. The topological polar surface area (TPSA) is 20.2 Å². The van der Waals surface area contributed by atoms with Gasteiger partial charge in [0.05, 0.1) is 13.7 Å². The van der Waals surface area contributed by atoms with Crippen molar-refractivity contribution in [1.82, 2.24) is 0 Å². The zero-order chi connectivity index (χ0) is 10.7. The molecule has 0 saturated carbocycles. The molecule has 0 aromatic carbocycles. The van der Waals surface area contributed by atoms with Gasteiger partial charge >= 0.3 is 0 Å². The van der Waals surface area contributed by atoms with Crippen LogP contribution in [0.25, 0.3) is 0 Å². The number of aliphatic hydroxyl groups excluding tert-OH is 1. The van der Waals surface area contributed by atoms with Crippen molar-refractivity contribution in [2.24, 2.45) is 5.92 Å². The fraction of sp³-hybridized carbons (Fsp3) is 0.600. The Balaban J connectivity index is 2.60. The van der Waals surface area contributed by atoms with Gasteiger partial charge in [0.2, 0.25) is 0 Å². The van der Waals surface area contributed by atoms with Crippen LogP contribution in [0.3, 0.4) is 0 Å². The van der Waals surface area contributed by atoms with Crippen molar-refractivity contribution in [1.29, 1.82) is 0 Å². The quantitative estimate of drug-likeness (QED) is 0.838. The summed E-state index contributed by atoms with van der Waals surface area (Å²) in [5.41, 5.74) is 1.00. The Bertz CT molecular complexity index is 296. The second-order valence-electron chi connectivity index (χ2n) is 3.77. The van der Waals surface area contributed by atoms with E-state index in [1.807, 2.05) is 6.07 Å². The average Bonchev–Trinajstić information content (AvgIpc) is 2.41. The Morgan fingerprint density at radius 3 is 2.43 bits per heavy atom. The van der Waals surface area contributed by atoms with E-state index in [2.05, 4.69) is 45.7 Å². The molecule has 0 aliphatic carbocycles. The molecule has 0 radical (unpaired) electrons. The molecular weight excluding hydrogens is 328 g/mol. The Labute approximate surface area is 106 Å². The van der Waals surface area contributed by atoms with Crippen LogP contribution in [-0.4, -0.2) is 5.11 Å². The third-order valence-electron chi connectivity index (χ3n) is 2.06. The summed E-state index contributed by atoms with van der Waals surface area (Å²) < 4.78 is 2.09. The minimum Gasteiger partial charge on any atom is -0.388 e. The van der Waals surface area contributed by atoms with Gasteiger partial charge in [0.25, 0.3) is 0 Å². The summed E-state index contributed by atoms with van der Waals surface area (Å²) in [6, 6.07) is 1.99. The smallest absolute Gasteiger partial charge is 0.0809 e. The van der Waals surface area contributed by atoms with E-state index in [0.29, 0.717) is 5.92 Å². The first-order valence-electron chi connectivity index (χ1n) is 4.63. The van der Waals surface area contributed by atoms with Crippen molar-refractivity contribution in [3.8, 4) is 0 Å². The van der Waals surface area contributed by atoms with Crippen LogP contribution < -0.4 is 0 Å². The van der Waals surface area contributed by atoms with E-state index >= 15 is 0 Å². The van der Waals surface area contributed by atoms with Crippen molar-refractivity contribution >= 4 is 43.2 Å². The van der Waals surface area contributed by atoms with Crippen LogP contribution in [0.5, 0.6) is 0 Å². The fourth-order valence-corrected chi connectivity index (χ4v) is 4.18. The molecule has 1 N–H and O–H groups in total. The van der Waals surface area contributed by atoms with E-state index in [1.165, 1.54) is 0 Å². The molecule has 0 fully saturated rings. The van der Waals surface area contributed by atoms with Crippen LogP contribution in [0, 0.1) is 5.92 Å². The molecule has 1 aromatic heterocycles. The van der Waals surface area contributed by atoms with Crippen LogP contribution in [0.4, 0.5) is 0 Å². The molecule has 0 amide bonds. The molecule has 1 unspecified atom stereocenters. The molecule has 0 spiro atoms. The molecular formula is C10H14Br2OS. The molecule has 0 aliphatic heterocycles. The van der Waals surface area contributed by atoms with Crippen molar-refractivity contribution < 1.29 is 5.11 Å². The predicted molar refractivity (Wildman–Crippen MR) is 68.8 cm³/mol. The summed E-state index contributed by atoms with van der Waals surface area (Å²) >= 11 is 8.47. The minimum absolute atomic E-state index is 0.339. The van der Waals surface area contributed by atoms with Crippen molar-refractivity contribution in [3.63, 3.8) is 0 Å². The largest absolute Gasteiger partial charge is 0.388 e.